The molecule has 0 aliphatic heterocycles. The Hall–Kier alpha value is -3.71. The number of carbonyl (C=O) groups excluding carboxylic acids is 3. The number of hydrogen-bond acceptors (Lipinski definition) is 4. The summed E-state index contributed by atoms with van der Waals surface area (Å²) in [4.78, 5) is 38.0. The van der Waals surface area contributed by atoms with E-state index in [4.69, 9.17) is 0 Å². The first-order valence-electron chi connectivity index (χ1n) is 11.0. The molecule has 0 radical (unpaired) electrons. The third-order valence-electron chi connectivity index (χ3n) is 5.34. The minimum Gasteiger partial charge on any atom is -0.348 e. The smallest absolute Gasteiger partial charge is 0.238 e. The Morgan fingerprint density at radius 1 is 0.818 bits per heavy atom. The van der Waals surface area contributed by atoms with Gasteiger partial charge in [-0.2, -0.15) is 0 Å². The summed E-state index contributed by atoms with van der Waals surface area (Å²) in [6.07, 6.45) is 0. The highest BCUT2D eigenvalue weighted by molar-refractivity contribution is 5.93. The summed E-state index contributed by atoms with van der Waals surface area (Å²) in [6, 6.07) is 20.9. The first-order chi connectivity index (χ1) is 15.9. The maximum atomic E-state index is 12.7. The molecule has 1 unspecified atom stereocenters. The second-order valence-electron chi connectivity index (χ2n) is 7.97. The summed E-state index contributed by atoms with van der Waals surface area (Å²) in [7, 11) is 0. The summed E-state index contributed by atoms with van der Waals surface area (Å²) in [5, 5.41) is 10.8. The number of anilines is 2. The van der Waals surface area contributed by atoms with E-state index in [-0.39, 0.29) is 36.9 Å². The van der Waals surface area contributed by atoms with Crippen molar-refractivity contribution in [1.29, 1.82) is 0 Å². The van der Waals surface area contributed by atoms with Gasteiger partial charge in [0.15, 0.2) is 0 Å². The third-order valence-corrected chi connectivity index (χ3v) is 5.34. The van der Waals surface area contributed by atoms with Crippen LogP contribution in [0.2, 0.25) is 0 Å². The number of nitrogens with zero attached hydrogens (tertiary/aromatic N) is 1. The summed E-state index contributed by atoms with van der Waals surface area (Å²) < 4.78 is 0. The van der Waals surface area contributed by atoms with Crippen molar-refractivity contribution in [3.8, 4) is 0 Å². The molecular formula is C26H30N4O3. The van der Waals surface area contributed by atoms with Crippen molar-refractivity contribution in [2.75, 3.05) is 30.3 Å². The van der Waals surface area contributed by atoms with Gasteiger partial charge >= 0.3 is 0 Å². The molecule has 172 valence electrons. The van der Waals surface area contributed by atoms with Gasteiger partial charge in [-0.05, 0) is 54.1 Å². The van der Waals surface area contributed by atoms with Crippen LogP contribution in [0.1, 0.15) is 32.4 Å². The quantitative estimate of drug-likeness (QED) is 0.464. The molecule has 0 spiro atoms. The molecule has 3 aromatic rings. The Morgan fingerprint density at radius 2 is 1.42 bits per heavy atom. The number of fused-ring (bicyclic) bond motifs is 1. The van der Waals surface area contributed by atoms with E-state index < -0.39 is 0 Å². The highest BCUT2D eigenvalue weighted by Crippen LogP contribution is 2.24. The van der Waals surface area contributed by atoms with Gasteiger partial charge in [0, 0.05) is 18.3 Å². The molecule has 0 heterocycles. The van der Waals surface area contributed by atoms with E-state index in [2.05, 4.69) is 34.1 Å². The van der Waals surface area contributed by atoms with Gasteiger partial charge in [-0.1, -0.05) is 49.4 Å². The molecule has 0 saturated heterocycles. The van der Waals surface area contributed by atoms with Gasteiger partial charge in [-0.25, -0.2) is 0 Å². The van der Waals surface area contributed by atoms with E-state index in [0.717, 1.165) is 16.3 Å². The van der Waals surface area contributed by atoms with Crippen molar-refractivity contribution in [1.82, 2.24) is 10.2 Å². The molecule has 0 aliphatic rings. The third kappa shape index (κ3) is 6.89. The topological polar surface area (TPSA) is 90.5 Å². The SMILES string of the molecule is CCN(CC(=O)Nc1ccc(NC(C)=O)cc1)CC(=O)NC(C)c1cccc2ccccc12. The number of benzene rings is 3. The zero-order chi connectivity index (χ0) is 23.8. The first-order valence-corrected chi connectivity index (χ1v) is 11.0. The molecule has 3 rings (SSSR count). The van der Waals surface area contributed by atoms with E-state index >= 15 is 0 Å². The average molecular weight is 447 g/mol. The monoisotopic (exact) mass is 446 g/mol. The number of amides is 3. The van der Waals surface area contributed by atoms with E-state index in [0.29, 0.717) is 17.9 Å². The van der Waals surface area contributed by atoms with Crippen molar-refractivity contribution >= 4 is 39.9 Å². The van der Waals surface area contributed by atoms with Crippen LogP contribution in [0, 0.1) is 0 Å². The van der Waals surface area contributed by atoms with Crippen LogP contribution in [0.15, 0.2) is 66.7 Å². The lowest BCUT2D eigenvalue weighted by Crippen LogP contribution is -2.41. The molecule has 3 amide bonds. The lowest BCUT2D eigenvalue weighted by atomic mass is 10.00. The van der Waals surface area contributed by atoms with Gasteiger partial charge in [0.2, 0.25) is 17.7 Å². The predicted molar refractivity (Wildman–Crippen MR) is 132 cm³/mol. The van der Waals surface area contributed by atoms with Crippen LogP contribution in [0.3, 0.4) is 0 Å². The van der Waals surface area contributed by atoms with E-state index in [1.165, 1.54) is 6.92 Å². The Morgan fingerprint density at radius 3 is 2.09 bits per heavy atom. The standard InChI is InChI=1S/C26H30N4O3/c1-4-30(17-26(33)29-22-14-12-21(13-15-22)28-19(3)31)16-25(32)27-18(2)23-11-7-9-20-8-5-6-10-24(20)23/h5-15,18H,4,16-17H2,1-3H3,(H,27,32)(H,28,31)(H,29,33). The number of nitrogens with one attached hydrogen (secondary N) is 3. The van der Waals surface area contributed by atoms with Crippen molar-refractivity contribution < 1.29 is 14.4 Å². The fourth-order valence-corrected chi connectivity index (χ4v) is 3.72. The molecule has 1 atom stereocenters. The second-order valence-corrected chi connectivity index (χ2v) is 7.97. The highest BCUT2D eigenvalue weighted by Gasteiger charge is 2.16. The molecule has 7 heteroatoms. The fraction of sp³-hybridized carbons (Fsp3) is 0.269. The van der Waals surface area contributed by atoms with Crippen molar-refractivity contribution in [3.05, 3.63) is 72.3 Å². The lowest BCUT2D eigenvalue weighted by Gasteiger charge is -2.22. The molecule has 3 N–H and O–H groups in total. The minimum atomic E-state index is -0.209. The number of rotatable bonds is 9. The number of carbonyl (C=O) groups is 3. The van der Waals surface area contributed by atoms with Crippen LogP contribution in [0.5, 0.6) is 0 Å². The van der Waals surface area contributed by atoms with Crippen LogP contribution in [0.25, 0.3) is 10.8 Å². The van der Waals surface area contributed by atoms with Crippen molar-refractivity contribution in [2.45, 2.75) is 26.8 Å². The number of likely N-dealkylation sites (N-methyl/N-ethyl adjacent to an activating group) is 1. The largest absolute Gasteiger partial charge is 0.348 e. The summed E-state index contributed by atoms with van der Waals surface area (Å²) >= 11 is 0. The van der Waals surface area contributed by atoms with Gasteiger partial charge in [0.1, 0.15) is 0 Å². The molecular weight excluding hydrogens is 416 g/mol. The molecule has 7 nitrogen and oxygen atoms in total. The molecule has 3 aromatic carbocycles. The normalized spacial score (nSPS) is 11.8. The molecule has 0 bridgehead atoms. The maximum absolute atomic E-state index is 12.7. The second kappa shape index (κ2) is 11.2. The van der Waals surface area contributed by atoms with Gasteiger partial charge in [-0.15, -0.1) is 0 Å². The zero-order valence-corrected chi connectivity index (χ0v) is 19.2. The van der Waals surface area contributed by atoms with Gasteiger partial charge in [0.25, 0.3) is 0 Å². The Kier molecular flexibility index (Phi) is 8.16. The van der Waals surface area contributed by atoms with Crippen LogP contribution in [-0.4, -0.2) is 42.3 Å². The maximum Gasteiger partial charge on any atom is 0.238 e. The van der Waals surface area contributed by atoms with E-state index in [9.17, 15) is 14.4 Å². The lowest BCUT2D eigenvalue weighted by molar-refractivity contribution is -0.124. The van der Waals surface area contributed by atoms with Crippen LogP contribution in [-0.2, 0) is 14.4 Å². The molecule has 0 aromatic heterocycles. The summed E-state index contributed by atoms with van der Waals surface area (Å²) in [6.45, 7) is 6.10. The molecule has 0 saturated carbocycles. The van der Waals surface area contributed by atoms with Crippen LogP contribution >= 0.6 is 0 Å². The van der Waals surface area contributed by atoms with Crippen LogP contribution in [0.4, 0.5) is 11.4 Å². The van der Waals surface area contributed by atoms with Crippen molar-refractivity contribution in [2.24, 2.45) is 0 Å². The Labute approximate surface area is 194 Å². The summed E-state index contributed by atoms with van der Waals surface area (Å²) in [5.41, 5.74) is 2.34. The Balaban J connectivity index is 1.53. The predicted octanol–water partition coefficient (Wildman–Crippen LogP) is 3.94. The van der Waals surface area contributed by atoms with Crippen molar-refractivity contribution in [3.63, 3.8) is 0 Å². The van der Waals surface area contributed by atoms with Gasteiger partial charge in [-0.3, -0.25) is 19.3 Å². The van der Waals surface area contributed by atoms with Crippen LogP contribution < -0.4 is 16.0 Å². The van der Waals surface area contributed by atoms with E-state index in [1.54, 1.807) is 29.2 Å². The van der Waals surface area contributed by atoms with Gasteiger partial charge in [0.05, 0.1) is 19.1 Å². The molecule has 0 aliphatic carbocycles. The first kappa shape index (κ1) is 23.9. The molecule has 0 fully saturated rings. The number of hydrogen-bond donors (Lipinski definition) is 3. The average Bonchev–Trinajstić information content (AvgIpc) is 2.79. The highest BCUT2D eigenvalue weighted by atomic mass is 16.2. The fourth-order valence-electron chi connectivity index (χ4n) is 3.72. The van der Waals surface area contributed by atoms with E-state index in [1.807, 2.05) is 38.1 Å². The van der Waals surface area contributed by atoms with Gasteiger partial charge < -0.3 is 16.0 Å². The minimum absolute atomic E-state index is 0.0972. The summed E-state index contributed by atoms with van der Waals surface area (Å²) in [5.74, 6) is -0.498. The Bertz CT molecular complexity index is 1120. The zero-order valence-electron chi connectivity index (χ0n) is 19.2. The molecule has 33 heavy (non-hydrogen) atoms.